The molecule has 1 heterocycles. The molecular weight excluding hydrogens is 194 g/mol. The molecule has 0 spiro atoms. The largest absolute Gasteiger partial charge is 0.396 e. The third-order valence-corrected chi connectivity index (χ3v) is 2.94. The first-order valence-corrected chi connectivity index (χ1v) is 5.44. The van der Waals surface area contributed by atoms with Gasteiger partial charge in [0.15, 0.2) is 0 Å². The van der Waals surface area contributed by atoms with E-state index >= 15 is 0 Å². The Morgan fingerprint density at radius 1 is 1.60 bits per heavy atom. The molecule has 0 aromatic rings. The lowest BCUT2D eigenvalue weighted by Crippen LogP contribution is -2.50. The summed E-state index contributed by atoms with van der Waals surface area (Å²) in [5, 5.41) is 12.1. The summed E-state index contributed by atoms with van der Waals surface area (Å²) < 4.78 is 0. The molecule has 4 N–H and O–H groups in total. The molecule has 15 heavy (non-hydrogen) atoms. The normalized spacial score (nSPS) is 27.9. The number of likely N-dealkylation sites (tertiary alicyclic amines) is 1. The lowest BCUT2D eigenvalue weighted by molar-refractivity contribution is -0.119. The topological polar surface area (TPSA) is 78.6 Å². The van der Waals surface area contributed by atoms with Gasteiger partial charge in [-0.15, -0.1) is 0 Å². The Bertz CT molecular complexity index is 211. The number of nitrogens with one attached hydrogen (secondary N) is 1. The van der Waals surface area contributed by atoms with E-state index in [2.05, 4.69) is 10.2 Å². The maximum Gasteiger partial charge on any atom is 0.231 e. The van der Waals surface area contributed by atoms with E-state index in [9.17, 15) is 4.79 Å². The molecule has 5 nitrogen and oxygen atoms in total. The second kappa shape index (κ2) is 6.05. The van der Waals surface area contributed by atoms with E-state index in [1.807, 2.05) is 7.05 Å². The van der Waals surface area contributed by atoms with Gasteiger partial charge in [0, 0.05) is 25.7 Å². The summed E-state index contributed by atoms with van der Waals surface area (Å²) in [6, 6.07) is 0.398. The molecule has 1 fully saturated rings. The number of aliphatic hydroxyl groups excluding tert-OH is 1. The van der Waals surface area contributed by atoms with Crippen LogP contribution in [0.25, 0.3) is 0 Å². The van der Waals surface area contributed by atoms with Crippen LogP contribution in [0.4, 0.5) is 0 Å². The number of nitrogens with zero attached hydrogens (tertiary/aromatic N) is 1. The number of primary amides is 1. The summed E-state index contributed by atoms with van der Waals surface area (Å²) in [5.41, 5.74) is 5.18. The Morgan fingerprint density at radius 2 is 2.33 bits per heavy atom. The summed E-state index contributed by atoms with van der Waals surface area (Å²) in [4.78, 5) is 12.9. The molecule has 0 aromatic carbocycles. The highest BCUT2D eigenvalue weighted by Crippen LogP contribution is 2.19. The Hall–Kier alpha value is -0.650. The third kappa shape index (κ3) is 4.15. The molecule has 88 valence electrons. The minimum Gasteiger partial charge on any atom is -0.396 e. The number of likely N-dealkylation sites (N-methyl/N-ethyl adjacent to an activating group) is 1. The van der Waals surface area contributed by atoms with Crippen LogP contribution in [0.3, 0.4) is 0 Å². The molecule has 1 rings (SSSR count). The maximum atomic E-state index is 10.8. The lowest BCUT2D eigenvalue weighted by atomic mass is 9.92. The maximum absolute atomic E-state index is 10.8. The van der Waals surface area contributed by atoms with E-state index in [1.54, 1.807) is 0 Å². The van der Waals surface area contributed by atoms with Gasteiger partial charge in [0.1, 0.15) is 0 Å². The zero-order chi connectivity index (χ0) is 11.3. The van der Waals surface area contributed by atoms with Crippen LogP contribution in [0.5, 0.6) is 0 Å². The van der Waals surface area contributed by atoms with Crippen molar-refractivity contribution >= 4 is 5.91 Å². The first-order valence-electron chi connectivity index (χ1n) is 5.44. The number of rotatable bonds is 5. The SMILES string of the molecule is CNC1CC(CCO)CN(CC(N)=O)C1. The predicted molar refractivity (Wildman–Crippen MR) is 58.3 cm³/mol. The molecule has 1 amide bonds. The minimum atomic E-state index is -0.283. The van der Waals surface area contributed by atoms with Crippen LogP contribution in [0.1, 0.15) is 12.8 Å². The summed E-state index contributed by atoms with van der Waals surface area (Å²) in [6.45, 7) is 2.26. The van der Waals surface area contributed by atoms with Crippen molar-refractivity contribution in [3.8, 4) is 0 Å². The van der Waals surface area contributed by atoms with Crippen molar-refractivity contribution in [2.24, 2.45) is 11.7 Å². The third-order valence-electron chi connectivity index (χ3n) is 2.94. The number of piperidine rings is 1. The zero-order valence-electron chi connectivity index (χ0n) is 9.28. The van der Waals surface area contributed by atoms with Crippen LogP contribution >= 0.6 is 0 Å². The van der Waals surface area contributed by atoms with Gasteiger partial charge in [-0.25, -0.2) is 0 Å². The number of carbonyl (C=O) groups is 1. The van der Waals surface area contributed by atoms with E-state index in [0.717, 1.165) is 25.9 Å². The van der Waals surface area contributed by atoms with Crippen molar-refractivity contribution in [2.45, 2.75) is 18.9 Å². The van der Waals surface area contributed by atoms with Crippen molar-refractivity contribution in [1.29, 1.82) is 0 Å². The van der Waals surface area contributed by atoms with E-state index in [-0.39, 0.29) is 12.5 Å². The fourth-order valence-corrected chi connectivity index (χ4v) is 2.25. The molecule has 2 atom stereocenters. The van der Waals surface area contributed by atoms with Crippen LogP contribution in [-0.2, 0) is 4.79 Å². The second-order valence-corrected chi connectivity index (χ2v) is 4.26. The molecular formula is C10H21N3O2. The standard InChI is InChI=1S/C10H21N3O2/c1-12-9-4-8(2-3-14)5-13(6-9)7-10(11)15/h8-9,12,14H,2-7H2,1H3,(H2,11,15). The minimum absolute atomic E-state index is 0.214. The van der Waals surface area contributed by atoms with Crippen LogP contribution in [0.15, 0.2) is 0 Å². The van der Waals surface area contributed by atoms with Crippen molar-refractivity contribution in [3.63, 3.8) is 0 Å². The number of amides is 1. The van der Waals surface area contributed by atoms with Gasteiger partial charge < -0.3 is 16.2 Å². The summed E-state index contributed by atoms with van der Waals surface area (Å²) >= 11 is 0. The van der Waals surface area contributed by atoms with Crippen molar-refractivity contribution in [2.75, 3.05) is 33.3 Å². The number of aliphatic hydroxyl groups is 1. The lowest BCUT2D eigenvalue weighted by Gasteiger charge is -2.36. The average Bonchev–Trinajstić information content (AvgIpc) is 2.16. The highest BCUT2D eigenvalue weighted by atomic mass is 16.3. The molecule has 1 saturated heterocycles. The van der Waals surface area contributed by atoms with Gasteiger partial charge in [-0.3, -0.25) is 9.69 Å². The smallest absolute Gasteiger partial charge is 0.231 e. The van der Waals surface area contributed by atoms with Crippen LogP contribution in [0, 0.1) is 5.92 Å². The average molecular weight is 215 g/mol. The Balaban J connectivity index is 2.46. The van der Waals surface area contributed by atoms with Gasteiger partial charge in [-0.1, -0.05) is 0 Å². The molecule has 2 unspecified atom stereocenters. The van der Waals surface area contributed by atoms with Crippen molar-refractivity contribution in [1.82, 2.24) is 10.2 Å². The van der Waals surface area contributed by atoms with E-state index in [4.69, 9.17) is 10.8 Å². The predicted octanol–water partition coefficient (Wildman–Crippen LogP) is -1.24. The molecule has 1 aliphatic heterocycles. The van der Waals surface area contributed by atoms with Gasteiger partial charge in [0.25, 0.3) is 0 Å². The second-order valence-electron chi connectivity index (χ2n) is 4.26. The number of hydrogen-bond donors (Lipinski definition) is 3. The van der Waals surface area contributed by atoms with Crippen LogP contribution in [-0.4, -0.2) is 55.2 Å². The summed E-state index contributed by atoms with van der Waals surface area (Å²) in [5.74, 6) is 0.176. The van der Waals surface area contributed by atoms with E-state index < -0.39 is 0 Å². The Kier molecular flexibility index (Phi) is 5.01. The number of carbonyl (C=O) groups excluding carboxylic acids is 1. The van der Waals surface area contributed by atoms with Crippen molar-refractivity contribution < 1.29 is 9.90 Å². The number of nitrogens with two attached hydrogens (primary N) is 1. The fraction of sp³-hybridized carbons (Fsp3) is 0.900. The molecule has 0 saturated carbocycles. The molecule has 1 aliphatic rings. The quantitative estimate of drug-likeness (QED) is 0.536. The zero-order valence-corrected chi connectivity index (χ0v) is 9.28. The van der Waals surface area contributed by atoms with E-state index in [1.165, 1.54) is 0 Å². The van der Waals surface area contributed by atoms with Gasteiger partial charge in [0.05, 0.1) is 6.54 Å². The molecule has 0 aromatic heterocycles. The molecule has 0 radical (unpaired) electrons. The summed E-state index contributed by atoms with van der Waals surface area (Å²) in [7, 11) is 1.93. The highest BCUT2D eigenvalue weighted by Gasteiger charge is 2.26. The first-order chi connectivity index (χ1) is 7.15. The Labute approximate surface area is 90.6 Å². The van der Waals surface area contributed by atoms with Gasteiger partial charge in [-0.05, 0) is 25.8 Å². The molecule has 0 aliphatic carbocycles. The van der Waals surface area contributed by atoms with Gasteiger partial charge >= 0.3 is 0 Å². The first kappa shape index (κ1) is 12.4. The Morgan fingerprint density at radius 3 is 2.87 bits per heavy atom. The fourth-order valence-electron chi connectivity index (χ4n) is 2.25. The number of hydrogen-bond acceptors (Lipinski definition) is 4. The van der Waals surface area contributed by atoms with Crippen LogP contribution < -0.4 is 11.1 Å². The van der Waals surface area contributed by atoms with Gasteiger partial charge in [0.2, 0.25) is 5.91 Å². The molecule has 5 heteroatoms. The van der Waals surface area contributed by atoms with Crippen LogP contribution in [0.2, 0.25) is 0 Å². The van der Waals surface area contributed by atoms with Gasteiger partial charge in [-0.2, -0.15) is 0 Å². The molecule has 0 bridgehead atoms. The monoisotopic (exact) mass is 215 g/mol. The highest BCUT2D eigenvalue weighted by molar-refractivity contribution is 5.75. The van der Waals surface area contributed by atoms with Crippen molar-refractivity contribution in [3.05, 3.63) is 0 Å². The summed E-state index contributed by atoms with van der Waals surface area (Å²) in [6.07, 6.45) is 1.86. The van der Waals surface area contributed by atoms with E-state index in [0.29, 0.717) is 18.5 Å².